The van der Waals surface area contributed by atoms with Crippen LogP contribution in [0.15, 0.2) is 48.5 Å². The van der Waals surface area contributed by atoms with Crippen LogP contribution in [0.1, 0.15) is 20.4 Å². The average molecular weight is 416 g/mol. The molecule has 1 aromatic heterocycles. The van der Waals surface area contributed by atoms with Gasteiger partial charge in [-0.1, -0.05) is 47.2 Å². The van der Waals surface area contributed by atoms with E-state index >= 15 is 0 Å². The summed E-state index contributed by atoms with van der Waals surface area (Å²) in [5, 5.41) is 25.1. The molecule has 0 bridgehead atoms. The number of carbonyl (C=O) groups is 1. The number of nitrogens with one attached hydrogen (secondary N) is 2. The van der Waals surface area contributed by atoms with E-state index in [2.05, 4.69) is 20.8 Å². The van der Waals surface area contributed by atoms with Gasteiger partial charge in [0.1, 0.15) is 5.69 Å². The van der Waals surface area contributed by atoms with Gasteiger partial charge < -0.3 is 10.6 Å². The van der Waals surface area contributed by atoms with Crippen LogP contribution in [0.3, 0.4) is 0 Å². The first-order chi connectivity index (χ1) is 13.5. The summed E-state index contributed by atoms with van der Waals surface area (Å²) in [7, 11) is 1.61. The number of nitro benzene ring substituents is 1. The normalized spacial score (nSPS) is 11.1. The van der Waals surface area contributed by atoms with Crippen LogP contribution in [0.4, 0.5) is 17.1 Å². The maximum atomic E-state index is 12.3. The Hall–Kier alpha value is -3.30. The largest absolute Gasteiger partial charge is 0.383 e. The van der Waals surface area contributed by atoms with Gasteiger partial charge in [0.25, 0.3) is 11.6 Å². The molecule has 2 aromatic carbocycles. The number of halogens is 1. The molecule has 10 heteroatoms. The summed E-state index contributed by atoms with van der Waals surface area (Å²) >= 11 is 7.30. The van der Waals surface area contributed by atoms with E-state index in [0.717, 1.165) is 11.3 Å². The van der Waals surface area contributed by atoms with Gasteiger partial charge in [0.2, 0.25) is 5.01 Å². The van der Waals surface area contributed by atoms with Crippen LogP contribution >= 0.6 is 22.9 Å². The van der Waals surface area contributed by atoms with E-state index in [9.17, 15) is 14.9 Å². The Bertz CT molecular complexity index is 1050. The van der Waals surface area contributed by atoms with E-state index in [1.54, 1.807) is 43.4 Å². The maximum absolute atomic E-state index is 12.3. The summed E-state index contributed by atoms with van der Waals surface area (Å²) in [5.41, 5.74) is 1.50. The van der Waals surface area contributed by atoms with Crippen LogP contribution in [-0.4, -0.2) is 28.1 Å². The van der Waals surface area contributed by atoms with E-state index < -0.39 is 10.8 Å². The lowest BCUT2D eigenvalue weighted by atomic mass is 10.1. The van der Waals surface area contributed by atoms with E-state index in [-0.39, 0.29) is 15.7 Å². The van der Waals surface area contributed by atoms with Crippen LogP contribution in [0.2, 0.25) is 0 Å². The molecule has 0 aliphatic carbocycles. The number of hydrogen-bond acceptors (Lipinski definition) is 7. The fourth-order valence-electron chi connectivity index (χ4n) is 2.33. The molecule has 2 N–H and O–H groups in total. The Morgan fingerprint density at radius 3 is 2.57 bits per heavy atom. The third-order valence-electron chi connectivity index (χ3n) is 3.64. The van der Waals surface area contributed by atoms with Crippen molar-refractivity contribution in [2.75, 3.05) is 17.7 Å². The molecule has 0 saturated heterocycles. The number of nitro groups is 1. The molecule has 0 atom stereocenters. The fourth-order valence-corrected chi connectivity index (χ4v) is 3.25. The molecule has 0 unspecified atom stereocenters. The molecular formula is C18H14ClN5O3S. The molecule has 0 radical (unpaired) electrons. The van der Waals surface area contributed by atoms with Gasteiger partial charge in [-0.2, -0.15) is 0 Å². The molecule has 3 aromatic rings. The topological polar surface area (TPSA) is 110 Å². The fraction of sp³-hybridized carbons (Fsp3) is 0.0556. The van der Waals surface area contributed by atoms with Gasteiger partial charge in [-0.3, -0.25) is 14.9 Å². The third-order valence-corrected chi connectivity index (χ3v) is 4.99. The van der Waals surface area contributed by atoms with Gasteiger partial charge in [-0.05, 0) is 29.8 Å². The number of aromatic nitrogens is 2. The predicted molar refractivity (Wildman–Crippen MR) is 111 cm³/mol. The molecule has 0 spiro atoms. The van der Waals surface area contributed by atoms with E-state index in [1.807, 2.05) is 6.07 Å². The second kappa shape index (κ2) is 8.59. The van der Waals surface area contributed by atoms with Crippen molar-refractivity contribution in [2.24, 2.45) is 0 Å². The van der Waals surface area contributed by atoms with Crippen LogP contribution < -0.4 is 10.6 Å². The second-order valence-corrected chi connectivity index (χ2v) is 6.89. The molecular weight excluding hydrogens is 402 g/mol. The maximum Gasteiger partial charge on any atom is 0.292 e. The molecule has 28 heavy (non-hydrogen) atoms. The highest BCUT2D eigenvalue weighted by molar-refractivity contribution is 7.15. The van der Waals surface area contributed by atoms with Gasteiger partial charge in [0.15, 0.2) is 5.01 Å². The van der Waals surface area contributed by atoms with Gasteiger partial charge in [-0.25, -0.2) is 0 Å². The second-order valence-electron chi connectivity index (χ2n) is 5.51. The number of benzene rings is 2. The Labute approximate surface area is 169 Å². The van der Waals surface area contributed by atoms with Crippen molar-refractivity contribution in [3.8, 4) is 0 Å². The van der Waals surface area contributed by atoms with Gasteiger partial charge in [-0.15, -0.1) is 10.2 Å². The summed E-state index contributed by atoms with van der Waals surface area (Å²) in [5.74, 6) is -0.395. The van der Waals surface area contributed by atoms with Crippen LogP contribution in [0.5, 0.6) is 0 Å². The lowest BCUT2D eigenvalue weighted by Gasteiger charge is -2.03. The molecule has 1 amide bonds. The number of rotatable bonds is 6. The van der Waals surface area contributed by atoms with Crippen molar-refractivity contribution >= 4 is 57.0 Å². The highest BCUT2D eigenvalue weighted by atomic mass is 35.5. The lowest BCUT2D eigenvalue weighted by molar-refractivity contribution is -0.383. The first-order valence-electron chi connectivity index (χ1n) is 8.01. The Morgan fingerprint density at radius 1 is 1.18 bits per heavy atom. The van der Waals surface area contributed by atoms with Crippen LogP contribution in [-0.2, 0) is 0 Å². The van der Waals surface area contributed by atoms with Crippen molar-refractivity contribution < 1.29 is 9.72 Å². The number of hydrogen-bond donors (Lipinski definition) is 2. The summed E-state index contributed by atoms with van der Waals surface area (Å²) in [6.45, 7) is 0. The van der Waals surface area contributed by atoms with Crippen molar-refractivity contribution in [3.63, 3.8) is 0 Å². The molecule has 1 heterocycles. The van der Waals surface area contributed by atoms with Crippen LogP contribution in [0.25, 0.3) is 11.1 Å². The quantitative estimate of drug-likeness (QED) is 0.453. The molecule has 142 valence electrons. The van der Waals surface area contributed by atoms with Gasteiger partial charge in [0.05, 0.1) is 9.96 Å². The number of anilines is 2. The molecule has 0 aliphatic heterocycles. The molecule has 0 saturated carbocycles. The minimum atomic E-state index is -0.478. The SMILES string of the molecule is CNc1ccc(/C=C(\Cl)c2nnc(C(=O)Nc3ccccc3)s2)cc1[N+](=O)[O-]. The van der Waals surface area contributed by atoms with Crippen molar-refractivity contribution in [1.82, 2.24) is 10.2 Å². The number of amides is 1. The minimum absolute atomic E-state index is 0.0686. The van der Waals surface area contributed by atoms with E-state index in [1.165, 1.54) is 12.1 Å². The standard InChI is InChI=1S/C18H14ClN5O3S/c1-20-14-8-7-11(10-15(14)24(26)27)9-13(19)17-22-23-18(28-17)16(25)21-12-5-3-2-4-6-12/h2-10,20H,1H3,(H,21,25)/b13-9-. The summed E-state index contributed by atoms with van der Waals surface area (Å²) in [4.78, 5) is 22.9. The average Bonchev–Trinajstić information content (AvgIpc) is 3.19. The highest BCUT2D eigenvalue weighted by Crippen LogP contribution is 2.29. The summed E-state index contributed by atoms with van der Waals surface area (Å²) < 4.78 is 0. The predicted octanol–water partition coefficient (Wildman–Crippen LogP) is 4.48. The summed E-state index contributed by atoms with van der Waals surface area (Å²) in [6, 6.07) is 13.6. The molecule has 3 rings (SSSR count). The number of nitrogens with zero attached hydrogens (tertiary/aromatic N) is 3. The monoisotopic (exact) mass is 415 g/mol. The van der Waals surface area contributed by atoms with E-state index in [4.69, 9.17) is 11.6 Å². The highest BCUT2D eigenvalue weighted by Gasteiger charge is 2.16. The zero-order valence-electron chi connectivity index (χ0n) is 14.5. The Morgan fingerprint density at radius 2 is 1.89 bits per heavy atom. The molecule has 0 aliphatic rings. The third kappa shape index (κ3) is 4.51. The first kappa shape index (κ1) is 19.5. The zero-order valence-corrected chi connectivity index (χ0v) is 16.1. The molecule has 0 fully saturated rings. The molecule has 8 nitrogen and oxygen atoms in total. The Balaban J connectivity index is 1.80. The summed E-state index contributed by atoms with van der Waals surface area (Å²) in [6.07, 6.45) is 1.54. The first-order valence-corrected chi connectivity index (χ1v) is 9.21. The minimum Gasteiger partial charge on any atom is -0.383 e. The smallest absolute Gasteiger partial charge is 0.292 e. The van der Waals surface area contributed by atoms with Gasteiger partial charge in [0, 0.05) is 18.8 Å². The van der Waals surface area contributed by atoms with E-state index in [0.29, 0.717) is 21.9 Å². The zero-order chi connectivity index (χ0) is 20.1. The van der Waals surface area contributed by atoms with Gasteiger partial charge >= 0.3 is 0 Å². The van der Waals surface area contributed by atoms with Crippen molar-refractivity contribution in [2.45, 2.75) is 0 Å². The Kier molecular flexibility index (Phi) is 5.97. The number of carbonyl (C=O) groups excluding carboxylic acids is 1. The van der Waals surface area contributed by atoms with Crippen LogP contribution in [0, 0.1) is 10.1 Å². The lowest BCUT2D eigenvalue weighted by Crippen LogP contribution is -2.11. The number of para-hydroxylation sites is 1. The van der Waals surface area contributed by atoms with Crippen molar-refractivity contribution in [1.29, 1.82) is 0 Å². The van der Waals surface area contributed by atoms with Crippen molar-refractivity contribution in [3.05, 3.63) is 74.2 Å².